The summed E-state index contributed by atoms with van der Waals surface area (Å²) >= 11 is 0. The van der Waals surface area contributed by atoms with Crippen molar-refractivity contribution >= 4 is 28.7 Å². The number of aliphatic carboxylic acids is 1. The monoisotopic (exact) mass is 921 g/mol. The van der Waals surface area contributed by atoms with Crippen molar-refractivity contribution in [1.82, 2.24) is 25.4 Å². The number of aromatic nitrogens is 1. The number of nitrogens with one attached hydrogen (secondary N) is 3. The number of aromatic amines is 1. The van der Waals surface area contributed by atoms with Gasteiger partial charge in [0, 0.05) is 60.4 Å². The molecule has 7 N–H and O–H groups in total. The van der Waals surface area contributed by atoms with Crippen LogP contribution in [0.4, 0.5) is 0 Å². The Morgan fingerprint density at radius 2 is 1.60 bits per heavy atom. The van der Waals surface area contributed by atoms with Crippen molar-refractivity contribution in [3.63, 3.8) is 0 Å². The molecule has 0 bridgehead atoms. The maximum atomic E-state index is 13.5. The molecule has 5 aromatic carbocycles. The minimum atomic E-state index is -2.35. The van der Waals surface area contributed by atoms with Crippen LogP contribution >= 0.6 is 0 Å². The van der Waals surface area contributed by atoms with Gasteiger partial charge in [0.25, 0.3) is 11.8 Å². The highest BCUT2D eigenvalue weighted by atomic mass is 16.5. The van der Waals surface area contributed by atoms with E-state index >= 15 is 0 Å². The summed E-state index contributed by atoms with van der Waals surface area (Å²) in [5.74, 6) is -1.41. The predicted molar refractivity (Wildman–Crippen MR) is 258 cm³/mol. The number of carboxylic acids is 1. The zero-order valence-electron chi connectivity index (χ0n) is 38.0. The molecule has 2 saturated heterocycles. The second-order valence-corrected chi connectivity index (χ2v) is 18.0. The molecule has 0 aliphatic carbocycles. The number of hydrogen-bond donors (Lipinski definition) is 7. The topological polar surface area (TPSA) is 205 Å². The Labute approximate surface area is 395 Å². The van der Waals surface area contributed by atoms with E-state index in [0.717, 1.165) is 43.6 Å². The van der Waals surface area contributed by atoms with E-state index in [4.69, 9.17) is 4.74 Å². The number of nitrogens with zero attached hydrogens (tertiary/aromatic N) is 2. The van der Waals surface area contributed by atoms with Gasteiger partial charge in [-0.05, 0) is 123 Å². The van der Waals surface area contributed by atoms with Crippen LogP contribution < -0.4 is 20.9 Å². The summed E-state index contributed by atoms with van der Waals surface area (Å²) < 4.78 is 5.94. The van der Waals surface area contributed by atoms with Crippen LogP contribution in [0, 0.1) is 5.92 Å². The number of carboxylic acid groups (broad SMARTS) is 1. The van der Waals surface area contributed by atoms with Gasteiger partial charge in [0.1, 0.15) is 11.5 Å². The molecule has 6 aromatic rings. The largest absolute Gasteiger partial charge is 0.506 e. The van der Waals surface area contributed by atoms with Gasteiger partial charge < -0.3 is 45.7 Å². The smallest absolute Gasteiger partial charge is 0.345 e. The molecule has 0 radical (unpaired) electrons. The standard InChI is InChI=1S/C54H59N5O9/c60-47-21-19-44(45-20-22-49(62)57-51(45)47)48(61)32-55-26-23-36-15-17-39(18-16-36)52(64)56-42-12-7-27-59(34-42)50(63)35-68-43-13-6-11-41(31-43)54(67,53(65)66)46-14-5-4-10-40(46)30-37-24-28-58(29-25-37)33-38-8-2-1-3-9-38/h1-6,8-11,13-22,31,37,42,48,55,60-61,67H,7,12,23-30,32-35H2,(H,56,64)(H,57,62)(H,65,66)/t42-,48-,54-/m0/s1. The van der Waals surface area contributed by atoms with Gasteiger partial charge in [-0.25, -0.2) is 4.79 Å². The van der Waals surface area contributed by atoms with Crippen molar-refractivity contribution in [3.8, 4) is 11.5 Å². The second-order valence-electron chi connectivity index (χ2n) is 18.0. The molecule has 0 spiro atoms. The van der Waals surface area contributed by atoms with E-state index in [2.05, 4.69) is 44.8 Å². The second kappa shape index (κ2) is 21.9. The normalized spacial score (nSPS) is 17.0. The van der Waals surface area contributed by atoms with E-state index in [9.17, 15) is 39.6 Å². The Morgan fingerprint density at radius 3 is 2.38 bits per heavy atom. The third kappa shape index (κ3) is 11.5. The van der Waals surface area contributed by atoms with Gasteiger partial charge in [0.05, 0.1) is 11.6 Å². The number of aromatic hydroxyl groups is 1. The maximum Gasteiger partial charge on any atom is 0.345 e. The number of carbonyl (C=O) groups excluding carboxylic acids is 2. The number of H-pyrrole nitrogens is 1. The van der Waals surface area contributed by atoms with Gasteiger partial charge in [-0.2, -0.15) is 0 Å². The van der Waals surface area contributed by atoms with Gasteiger partial charge in [-0.3, -0.25) is 19.3 Å². The SMILES string of the molecule is O=C(N[C@H]1CCCN(C(=O)COc2cccc([C@@](O)(C(=O)O)c3ccccc3CC3CCN(Cc4ccccc4)CC3)c2)C1)c1ccc(CCNC[C@H](O)c2ccc(O)c3[nH]c(=O)ccc23)cc1. The Hall–Kier alpha value is -6.84. The lowest BCUT2D eigenvalue weighted by molar-refractivity contribution is -0.155. The third-order valence-corrected chi connectivity index (χ3v) is 13.3. The van der Waals surface area contributed by atoms with Crippen molar-refractivity contribution in [2.24, 2.45) is 5.92 Å². The van der Waals surface area contributed by atoms with Gasteiger partial charge in [-0.15, -0.1) is 0 Å². The van der Waals surface area contributed by atoms with E-state index in [1.165, 1.54) is 23.8 Å². The molecular formula is C54H59N5O9. The van der Waals surface area contributed by atoms with Crippen molar-refractivity contribution in [2.45, 2.75) is 62.8 Å². The number of amides is 2. The van der Waals surface area contributed by atoms with Crippen LogP contribution in [-0.2, 0) is 34.6 Å². The van der Waals surface area contributed by atoms with Crippen LogP contribution in [0.1, 0.15) is 75.5 Å². The van der Waals surface area contributed by atoms with Crippen LogP contribution in [0.5, 0.6) is 11.5 Å². The van der Waals surface area contributed by atoms with Crippen molar-refractivity contribution in [2.75, 3.05) is 45.9 Å². The molecule has 3 heterocycles. The Kier molecular flexibility index (Phi) is 15.3. The Balaban J connectivity index is 0.803. The zero-order valence-corrected chi connectivity index (χ0v) is 38.0. The predicted octanol–water partition coefficient (Wildman–Crippen LogP) is 5.67. The minimum Gasteiger partial charge on any atom is -0.506 e. The molecule has 354 valence electrons. The number of hydrogen-bond acceptors (Lipinski definition) is 10. The quantitative estimate of drug-likeness (QED) is 0.0523. The number of aliphatic hydroxyl groups excluding tert-OH is 1. The summed E-state index contributed by atoms with van der Waals surface area (Å²) in [4.78, 5) is 58.2. The van der Waals surface area contributed by atoms with E-state index < -0.39 is 17.7 Å². The summed E-state index contributed by atoms with van der Waals surface area (Å²) in [6.45, 7) is 4.10. The number of aliphatic hydroxyl groups is 2. The maximum absolute atomic E-state index is 13.5. The average molecular weight is 922 g/mol. The lowest BCUT2D eigenvalue weighted by atomic mass is 9.80. The van der Waals surface area contributed by atoms with Crippen LogP contribution in [0.25, 0.3) is 10.9 Å². The molecule has 14 heteroatoms. The lowest BCUT2D eigenvalue weighted by Gasteiger charge is -2.33. The van der Waals surface area contributed by atoms with E-state index in [1.807, 2.05) is 30.3 Å². The first-order valence-electron chi connectivity index (χ1n) is 23.4. The first-order valence-corrected chi connectivity index (χ1v) is 23.4. The number of likely N-dealkylation sites (tertiary alicyclic amines) is 2. The fraction of sp³-hybridized carbons (Fsp3) is 0.333. The molecule has 14 nitrogen and oxygen atoms in total. The fourth-order valence-corrected chi connectivity index (χ4v) is 9.54. The highest BCUT2D eigenvalue weighted by Crippen LogP contribution is 2.36. The molecule has 2 fully saturated rings. The molecule has 1 aromatic heterocycles. The first kappa shape index (κ1) is 47.6. The molecule has 0 saturated carbocycles. The summed E-state index contributed by atoms with van der Waals surface area (Å²) in [7, 11) is 0. The van der Waals surface area contributed by atoms with Crippen LogP contribution in [-0.4, -0.2) is 105 Å². The Bertz CT molecular complexity index is 2760. The number of pyridine rings is 1. The van der Waals surface area contributed by atoms with E-state index in [-0.39, 0.29) is 59.1 Å². The highest BCUT2D eigenvalue weighted by molar-refractivity contribution is 5.94. The third-order valence-electron chi connectivity index (χ3n) is 13.3. The van der Waals surface area contributed by atoms with Crippen LogP contribution in [0.3, 0.4) is 0 Å². The van der Waals surface area contributed by atoms with E-state index in [0.29, 0.717) is 73.3 Å². The molecular weight excluding hydrogens is 863 g/mol. The van der Waals surface area contributed by atoms with Crippen LogP contribution in [0.15, 0.2) is 132 Å². The zero-order chi connectivity index (χ0) is 47.6. The summed E-state index contributed by atoms with van der Waals surface area (Å²) in [6.07, 6.45) is 3.74. The van der Waals surface area contributed by atoms with Crippen molar-refractivity contribution in [3.05, 3.63) is 177 Å². The van der Waals surface area contributed by atoms with Crippen molar-refractivity contribution < 1.29 is 39.5 Å². The number of carbonyl (C=O) groups is 3. The average Bonchev–Trinajstić information content (AvgIpc) is 3.36. The van der Waals surface area contributed by atoms with Crippen LogP contribution in [0.2, 0.25) is 0 Å². The number of rotatable bonds is 18. The summed E-state index contributed by atoms with van der Waals surface area (Å²) in [6, 6.07) is 36.9. The molecule has 2 aliphatic heterocycles. The minimum absolute atomic E-state index is 0.0673. The molecule has 68 heavy (non-hydrogen) atoms. The summed E-state index contributed by atoms with van der Waals surface area (Å²) in [5, 5.41) is 50.6. The van der Waals surface area contributed by atoms with E-state index in [1.54, 1.807) is 59.5 Å². The number of phenolic OH excluding ortho intramolecular Hbond substituents is 1. The summed E-state index contributed by atoms with van der Waals surface area (Å²) in [5.41, 5.74) is 2.16. The fourth-order valence-electron chi connectivity index (χ4n) is 9.54. The highest BCUT2D eigenvalue weighted by Gasteiger charge is 2.42. The molecule has 0 unspecified atom stereocenters. The van der Waals surface area contributed by atoms with Gasteiger partial charge >= 0.3 is 5.97 Å². The van der Waals surface area contributed by atoms with Gasteiger partial charge in [-0.1, -0.05) is 84.9 Å². The van der Waals surface area contributed by atoms with Gasteiger partial charge in [0.2, 0.25) is 11.2 Å². The number of fused-ring (bicyclic) bond motifs is 1. The number of benzene rings is 5. The molecule has 2 aliphatic rings. The number of ether oxygens (including phenoxy) is 1. The molecule has 2 amide bonds. The van der Waals surface area contributed by atoms with Gasteiger partial charge in [0.15, 0.2) is 6.61 Å². The lowest BCUT2D eigenvalue weighted by Crippen LogP contribution is -2.50. The Morgan fingerprint density at radius 1 is 0.838 bits per heavy atom. The van der Waals surface area contributed by atoms with Crippen molar-refractivity contribution in [1.29, 1.82) is 0 Å². The molecule has 3 atom stereocenters. The molecule has 8 rings (SSSR count). The number of piperidine rings is 2. The number of phenols is 1. The first-order chi connectivity index (χ1) is 32.9.